The molecule has 0 aliphatic rings. The quantitative estimate of drug-likeness (QED) is 0.592. The molecular formula is C19H19F3N6O. The summed E-state index contributed by atoms with van der Waals surface area (Å²) in [5.41, 5.74) is -0.223. The summed E-state index contributed by atoms with van der Waals surface area (Å²) in [5, 5.41) is 9.94. The van der Waals surface area contributed by atoms with E-state index in [-0.39, 0.29) is 12.3 Å². The van der Waals surface area contributed by atoms with Crippen molar-refractivity contribution in [1.29, 1.82) is 0 Å². The molecule has 2 N–H and O–H groups in total. The summed E-state index contributed by atoms with van der Waals surface area (Å²) in [6, 6.07) is 8.08. The normalized spacial score (nSPS) is 11.3. The van der Waals surface area contributed by atoms with E-state index in [1.165, 1.54) is 12.1 Å². The van der Waals surface area contributed by atoms with Crippen LogP contribution >= 0.6 is 0 Å². The van der Waals surface area contributed by atoms with E-state index >= 15 is 0 Å². The monoisotopic (exact) mass is 404 g/mol. The molecular weight excluding hydrogens is 385 g/mol. The minimum absolute atomic E-state index is 0.00813. The fourth-order valence-corrected chi connectivity index (χ4v) is 2.62. The zero-order valence-corrected chi connectivity index (χ0v) is 15.6. The summed E-state index contributed by atoms with van der Waals surface area (Å²) >= 11 is 0. The van der Waals surface area contributed by atoms with Crippen LogP contribution < -0.4 is 10.6 Å². The minimum atomic E-state index is -4.39. The zero-order chi connectivity index (χ0) is 20.9. The first-order chi connectivity index (χ1) is 13.8. The molecule has 0 saturated heterocycles. The van der Waals surface area contributed by atoms with Gasteiger partial charge in [0.25, 0.3) is 0 Å². The second-order valence-corrected chi connectivity index (χ2v) is 6.26. The maximum atomic E-state index is 12.6. The van der Waals surface area contributed by atoms with Crippen LogP contribution in [0.1, 0.15) is 17.0 Å². The van der Waals surface area contributed by atoms with Gasteiger partial charge in [-0.05, 0) is 30.7 Å². The second kappa shape index (κ2) is 8.72. The van der Waals surface area contributed by atoms with Crippen molar-refractivity contribution >= 4 is 11.7 Å². The third kappa shape index (κ3) is 5.77. The average molecular weight is 404 g/mol. The standard InChI is InChI=1S/C19H19F3N6O/c1-13-26-16(12-17(27-13)28-10-2-7-25-28)23-8-9-24-18(29)11-14-3-5-15(6-4-14)19(20,21)22/h2-7,10,12H,8-9,11H2,1H3,(H,24,29)(H,23,26,27). The maximum Gasteiger partial charge on any atom is 0.416 e. The van der Waals surface area contributed by atoms with E-state index in [0.29, 0.717) is 36.1 Å². The molecule has 10 heteroatoms. The number of anilines is 1. The van der Waals surface area contributed by atoms with E-state index in [1.54, 1.807) is 36.1 Å². The molecule has 0 atom stereocenters. The highest BCUT2D eigenvalue weighted by Crippen LogP contribution is 2.29. The molecule has 1 aromatic carbocycles. The van der Waals surface area contributed by atoms with Crippen molar-refractivity contribution in [3.8, 4) is 5.82 Å². The van der Waals surface area contributed by atoms with E-state index in [0.717, 1.165) is 12.1 Å². The fourth-order valence-electron chi connectivity index (χ4n) is 2.62. The molecule has 3 aromatic rings. The van der Waals surface area contributed by atoms with Gasteiger partial charge in [-0.1, -0.05) is 12.1 Å². The van der Waals surface area contributed by atoms with E-state index in [1.807, 2.05) is 0 Å². The van der Waals surface area contributed by atoms with Gasteiger partial charge in [0.15, 0.2) is 5.82 Å². The lowest BCUT2D eigenvalue weighted by Crippen LogP contribution is -2.30. The number of carbonyl (C=O) groups is 1. The van der Waals surface area contributed by atoms with E-state index < -0.39 is 11.7 Å². The highest BCUT2D eigenvalue weighted by molar-refractivity contribution is 5.78. The smallest absolute Gasteiger partial charge is 0.368 e. The lowest BCUT2D eigenvalue weighted by Gasteiger charge is -2.10. The first-order valence-corrected chi connectivity index (χ1v) is 8.84. The Bertz CT molecular complexity index is 955. The molecule has 29 heavy (non-hydrogen) atoms. The van der Waals surface area contributed by atoms with Crippen molar-refractivity contribution in [2.45, 2.75) is 19.5 Å². The van der Waals surface area contributed by atoms with Gasteiger partial charge in [-0.3, -0.25) is 4.79 Å². The number of benzene rings is 1. The number of aromatic nitrogens is 4. The highest BCUT2D eigenvalue weighted by Gasteiger charge is 2.29. The molecule has 0 spiro atoms. The average Bonchev–Trinajstić information content (AvgIpc) is 3.19. The molecule has 7 nitrogen and oxygen atoms in total. The first kappa shape index (κ1) is 20.3. The zero-order valence-electron chi connectivity index (χ0n) is 15.6. The number of nitrogens with zero attached hydrogens (tertiary/aromatic N) is 4. The van der Waals surface area contributed by atoms with Crippen LogP contribution in [-0.2, 0) is 17.4 Å². The van der Waals surface area contributed by atoms with Crippen LogP contribution in [0.5, 0.6) is 0 Å². The Morgan fingerprint density at radius 3 is 2.55 bits per heavy atom. The van der Waals surface area contributed by atoms with Crippen molar-refractivity contribution in [3.05, 3.63) is 65.7 Å². The summed E-state index contributed by atoms with van der Waals surface area (Å²) in [6.45, 7) is 2.53. The number of aryl methyl sites for hydroxylation is 1. The van der Waals surface area contributed by atoms with Crippen molar-refractivity contribution < 1.29 is 18.0 Å². The van der Waals surface area contributed by atoms with Gasteiger partial charge in [-0.25, -0.2) is 14.6 Å². The van der Waals surface area contributed by atoms with Crippen molar-refractivity contribution in [2.75, 3.05) is 18.4 Å². The van der Waals surface area contributed by atoms with Gasteiger partial charge < -0.3 is 10.6 Å². The number of amides is 1. The van der Waals surface area contributed by atoms with E-state index in [2.05, 4.69) is 25.7 Å². The Labute approximate surface area is 165 Å². The molecule has 0 fully saturated rings. The highest BCUT2D eigenvalue weighted by atomic mass is 19.4. The van der Waals surface area contributed by atoms with Gasteiger partial charge in [-0.15, -0.1) is 0 Å². The molecule has 0 bridgehead atoms. The molecule has 2 heterocycles. The summed E-state index contributed by atoms with van der Waals surface area (Å²) in [5.74, 6) is 1.52. The summed E-state index contributed by atoms with van der Waals surface area (Å²) in [6.07, 6.45) is -0.957. The second-order valence-electron chi connectivity index (χ2n) is 6.26. The SMILES string of the molecule is Cc1nc(NCCNC(=O)Cc2ccc(C(F)(F)F)cc2)cc(-n2cccn2)n1. The van der Waals surface area contributed by atoms with Gasteiger partial charge in [0, 0.05) is 31.5 Å². The largest absolute Gasteiger partial charge is 0.416 e. The summed E-state index contributed by atoms with van der Waals surface area (Å²) < 4.78 is 39.3. The molecule has 0 radical (unpaired) electrons. The summed E-state index contributed by atoms with van der Waals surface area (Å²) in [4.78, 5) is 20.6. The fraction of sp³-hybridized carbons (Fsp3) is 0.263. The van der Waals surface area contributed by atoms with Crippen molar-refractivity contribution in [1.82, 2.24) is 25.1 Å². The number of halogens is 3. The predicted octanol–water partition coefficient (Wildman–Crippen LogP) is 2.76. The molecule has 0 saturated carbocycles. The lowest BCUT2D eigenvalue weighted by atomic mass is 10.1. The Balaban J connectivity index is 1.46. The van der Waals surface area contributed by atoms with Crippen LogP contribution in [0.2, 0.25) is 0 Å². The molecule has 1 amide bonds. The molecule has 152 valence electrons. The number of carbonyl (C=O) groups excluding carboxylic acids is 1. The number of hydrogen-bond donors (Lipinski definition) is 2. The van der Waals surface area contributed by atoms with Crippen LogP contribution in [0.4, 0.5) is 19.0 Å². The van der Waals surface area contributed by atoms with Crippen LogP contribution in [0.25, 0.3) is 5.82 Å². The minimum Gasteiger partial charge on any atom is -0.368 e. The number of hydrogen-bond acceptors (Lipinski definition) is 5. The number of alkyl halides is 3. The Morgan fingerprint density at radius 1 is 1.14 bits per heavy atom. The van der Waals surface area contributed by atoms with Crippen LogP contribution in [0.3, 0.4) is 0 Å². The molecule has 0 aliphatic heterocycles. The lowest BCUT2D eigenvalue weighted by molar-refractivity contribution is -0.137. The third-order valence-electron chi connectivity index (χ3n) is 3.96. The Morgan fingerprint density at radius 2 is 1.90 bits per heavy atom. The predicted molar refractivity (Wildman–Crippen MR) is 101 cm³/mol. The Hall–Kier alpha value is -3.43. The topological polar surface area (TPSA) is 84.7 Å². The molecule has 3 rings (SSSR count). The first-order valence-electron chi connectivity index (χ1n) is 8.84. The van der Waals surface area contributed by atoms with Gasteiger partial charge in [0.1, 0.15) is 11.6 Å². The van der Waals surface area contributed by atoms with Gasteiger partial charge in [-0.2, -0.15) is 18.3 Å². The molecule has 2 aromatic heterocycles. The maximum absolute atomic E-state index is 12.6. The molecule has 0 unspecified atom stereocenters. The van der Waals surface area contributed by atoms with Gasteiger partial charge in [0.05, 0.1) is 12.0 Å². The number of rotatable bonds is 7. The molecule has 0 aliphatic carbocycles. The van der Waals surface area contributed by atoms with Gasteiger partial charge >= 0.3 is 6.18 Å². The van der Waals surface area contributed by atoms with Gasteiger partial charge in [0.2, 0.25) is 5.91 Å². The van der Waals surface area contributed by atoms with Crippen LogP contribution in [0, 0.1) is 6.92 Å². The van der Waals surface area contributed by atoms with Crippen molar-refractivity contribution in [2.24, 2.45) is 0 Å². The van der Waals surface area contributed by atoms with Crippen LogP contribution in [-0.4, -0.2) is 38.7 Å². The number of nitrogens with one attached hydrogen (secondary N) is 2. The Kier molecular flexibility index (Phi) is 6.10. The van der Waals surface area contributed by atoms with E-state index in [4.69, 9.17) is 0 Å². The van der Waals surface area contributed by atoms with Crippen LogP contribution in [0.15, 0.2) is 48.8 Å². The summed E-state index contributed by atoms with van der Waals surface area (Å²) in [7, 11) is 0. The van der Waals surface area contributed by atoms with E-state index in [9.17, 15) is 18.0 Å². The third-order valence-corrected chi connectivity index (χ3v) is 3.96. The van der Waals surface area contributed by atoms with Crippen molar-refractivity contribution in [3.63, 3.8) is 0 Å².